The lowest BCUT2D eigenvalue weighted by Crippen LogP contribution is -2.50. The van der Waals surface area contributed by atoms with Crippen molar-refractivity contribution in [2.24, 2.45) is 11.8 Å². The van der Waals surface area contributed by atoms with E-state index in [1.54, 1.807) is 0 Å². The van der Waals surface area contributed by atoms with Crippen LogP contribution in [-0.2, 0) is 0 Å². The molecule has 0 aromatic rings. The quantitative estimate of drug-likeness (QED) is 0.681. The van der Waals surface area contributed by atoms with Crippen molar-refractivity contribution in [2.45, 2.75) is 58.0 Å². The lowest BCUT2D eigenvalue weighted by atomic mass is 9.75. The Hall–Kier alpha value is -0.0400. The summed E-state index contributed by atoms with van der Waals surface area (Å²) in [7, 11) is 0. The van der Waals surface area contributed by atoms with Crippen LogP contribution in [0.1, 0.15) is 46.0 Å². The maximum atomic E-state index is 3.75. The van der Waals surface area contributed by atoms with Gasteiger partial charge in [-0.2, -0.15) is 0 Å². The van der Waals surface area contributed by atoms with Crippen molar-refractivity contribution in [1.29, 1.82) is 0 Å². The molecule has 0 heterocycles. The van der Waals surface area contributed by atoms with Crippen molar-refractivity contribution in [3.63, 3.8) is 0 Å². The highest BCUT2D eigenvalue weighted by Gasteiger charge is 2.32. The molecule has 70 valence electrons. The van der Waals surface area contributed by atoms with Crippen LogP contribution in [0.5, 0.6) is 0 Å². The zero-order valence-electron chi connectivity index (χ0n) is 8.34. The minimum absolute atomic E-state index is 0.878. The van der Waals surface area contributed by atoms with E-state index in [1.807, 2.05) is 0 Å². The molecule has 1 heteroatoms. The van der Waals surface area contributed by atoms with Gasteiger partial charge in [-0.25, -0.2) is 0 Å². The van der Waals surface area contributed by atoms with E-state index in [4.69, 9.17) is 0 Å². The Kier molecular flexibility index (Phi) is 2.40. The fourth-order valence-electron chi connectivity index (χ4n) is 2.58. The van der Waals surface area contributed by atoms with Crippen molar-refractivity contribution >= 4 is 0 Å². The maximum absolute atomic E-state index is 3.75. The van der Waals surface area contributed by atoms with Crippen LogP contribution in [-0.4, -0.2) is 12.1 Å². The summed E-state index contributed by atoms with van der Waals surface area (Å²) in [6.07, 6.45) is 7.13. The van der Waals surface area contributed by atoms with Crippen LogP contribution in [0.4, 0.5) is 0 Å². The van der Waals surface area contributed by atoms with Gasteiger partial charge in [0.2, 0.25) is 0 Å². The minimum Gasteiger partial charge on any atom is -0.311 e. The molecule has 12 heavy (non-hydrogen) atoms. The molecule has 2 fully saturated rings. The van der Waals surface area contributed by atoms with E-state index in [1.165, 1.54) is 32.1 Å². The molecule has 2 saturated carbocycles. The van der Waals surface area contributed by atoms with Crippen molar-refractivity contribution in [1.82, 2.24) is 5.32 Å². The molecule has 0 atom stereocenters. The van der Waals surface area contributed by atoms with Crippen molar-refractivity contribution in [2.75, 3.05) is 0 Å². The highest BCUT2D eigenvalue weighted by atomic mass is 15.0. The molecule has 0 bridgehead atoms. The van der Waals surface area contributed by atoms with Crippen LogP contribution < -0.4 is 5.32 Å². The molecular weight excluding hydrogens is 146 g/mol. The summed E-state index contributed by atoms with van der Waals surface area (Å²) in [5, 5.41) is 3.75. The Labute approximate surface area is 75.9 Å². The van der Waals surface area contributed by atoms with Crippen LogP contribution in [0, 0.1) is 11.8 Å². The van der Waals surface area contributed by atoms with E-state index < -0.39 is 0 Å². The average Bonchev–Trinajstić information content (AvgIpc) is 1.91. The van der Waals surface area contributed by atoms with E-state index in [0.717, 1.165) is 23.9 Å². The molecule has 2 aliphatic carbocycles. The van der Waals surface area contributed by atoms with Crippen LogP contribution in [0.2, 0.25) is 0 Å². The molecular formula is C11H21N. The Bertz CT molecular complexity index is 143. The molecule has 0 aliphatic heterocycles. The third kappa shape index (κ3) is 1.66. The van der Waals surface area contributed by atoms with E-state index in [-0.39, 0.29) is 0 Å². The van der Waals surface area contributed by atoms with E-state index in [9.17, 15) is 0 Å². The second kappa shape index (κ2) is 3.37. The standard InChI is InChI=1S/C11H21N/c1-3-9-6-11(7-9)12-10-4-8(2)5-10/h8-12H,3-7H2,1-2H3. The molecule has 0 amide bonds. The predicted octanol–water partition coefficient (Wildman–Crippen LogP) is 2.56. The van der Waals surface area contributed by atoms with Crippen molar-refractivity contribution < 1.29 is 0 Å². The lowest BCUT2D eigenvalue weighted by molar-refractivity contribution is 0.148. The van der Waals surface area contributed by atoms with Crippen LogP contribution in [0.3, 0.4) is 0 Å². The highest BCUT2D eigenvalue weighted by molar-refractivity contribution is 4.91. The number of hydrogen-bond acceptors (Lipinski definition) is 1. The summed E-state index contributed by atoms with van der Waals surface area (Å²) in [6.45, 7) is 4.67. The van der Waals surface area contributed by atoms with Gasteiger partial charge >= 0.3 is 0 Å². The minimum atomic E-state index is 0.878. The van der Waals surface area contributed by atoms with Crippen molar-refractivity contribution in [3.05, 3.63) is 0 Å². The summed E-state index contributed by atoms with van der Waals surface area (Å²) in [6, 6.07) is 1.76. The zero-order chi connectivity index (χ0) is 8.55. The van der Waals surface area contributed by atoms with Gasteiger partial charge in [0.05, 0.1) is 0 Å². The van der Waals surface area contributed by atoms with E-state index in [0.29, 0.717) is 0 Å². The van der Waals surface area contributed by atoms with E-state index >= 15 is 0 Å². The first kappa shape index (κ1) is 8.55. The van der Waals surface area contributed by atoms with Crippen LogP contribution in [0.15, 0.2) is 0 Å². The molecule has 1 N–H and O–H groups in total. The molecule has 2 rings (SSSR count). The fourth-order valence-corrected chi connectivity index (χ4v) is 2.58. The molecule has 0 spiro atoms. The second-order valence-electron chi connectivity index (χ2n) is 4.88. The monoisotopic (exact) mass is 167 g/mol. The first-order valence-corrected chi connectivity index (χ1v) is 5.54. The molecule has 0 aromatic heterocycles. The summed E-state index contributed by atoms with van der Waals surface area (Å²) in [5.74, 6) is 2.03. The van der Waals surface area contributed by atoms with Crippen molar-refractivity contribution in [3.8, 4) is 0 Å². The number of nitrogens with one attached hydrogen (secondary N) is 1. The number of rotatable bonds is 3. The van der Waals surface area contributed by atoms with Gasteiger partial charge in [-0.05, 0) is 37.5 Å². The maximum Gasteiger partial charge on any atom is 0.00749 e. The number of hydrogen-bond donors (Lipinski definition) is 1. The lowest BCUT2D eigenvalue weighted by Gasteiger charge is -2.42. The topological polar surface area (TPSA) is 12.0 Å². The van der Waals surface area contributed by atoms with Gasteiger partial charge in [-0.1, -0.05) is 20.3 Å². The SMILES string of the molecule is CCC1CC(NC2CC(C)C2)C1. The van der Waals surface area contributed by atoms with Gasteiger partial charge in [0.1, 0.15) is 0 Å². The van der Waals surface area contributed by atoms with Gasteiger partial charge in [-0.15, -0.1) is 0 Å². The average molecular weight is 167 g/mol. The van der Waals surface area contributed by atoms with Crippen LogP contribution >= 0.6 is 0 Å². The molecule has 0 unspecified atom stereocenters. The summed E-state index contributed by atoms with van der Waals surface area (Å²) in [4.78, 5) is 0. The second-order valence-corrected chi connectivity index (χ2v) is 4.88. The third-order valence-corrected chi connectivity index (χ3v) is 3.66. The molecule has 0 saturated heterocycles. The molecule has 1 nitrogen and oxygen atoms in total. The predicted molar refractivity (Wildman–Crippen MR) is 52.1 cm³/mol. The third-order valence-electron chi connectivity index (χ3n) is 3.66. The van der Waals surface area contributed by atoms with Gasteiger partial charge < -0.3 is 5.32 Å². The summed E-state index contributed by atoms with van der Waals surface area (Å²) >= 11 is 0. The smallest absolute Gasteiger partial charge is 0.00749 e. The molecule has 0 aromatic carbocycles. The first-order valence-electron chi connectivity index (χ1n) is 5.54. The Morgan fingerprint density at radius 1 is 1.08 bits per heavy atom. The zero-order valence-corrected chi connectivity index (χ0v) is 8.34. The highest BCUT2D eigenvalue weighted by Crippen LogP contribution is 2.33. The molecule has 2 aliphatic rings. The van der Waals surface area contributed by atoms with Gasteiger partial charge in [-0.3, -0.25) is 0 Å². The normalized spacial score (nSPS) is 46.5. The first-order chi connectivity index (χ1) is 5.78. The summed E-state index contributed by atoms with van der Waals surface area (Å²) in [5.41, 5.74) is 0. The van der Waals surface area contributed by atoms with E-state index in [2.05, 4.69) is 19.2 Å². The van der Waals surface area contributed by atoms with Crippen LogP contribution in [0.25, 0.3) is 0 Å². The van der Waals surface area contributed by atoms with Gasteiger partial charge in [0, 0.05) is 12.1 Å². The Balaban J connectivity index is 1.58. The molecule has 0 radical (unpaired) electrons. The van der Waals surface area contributed by atoms with Gasteiger partial charge in [0.25, 0.3) is 0 Å². The Morgan fingerprint density at radius 3 is 2.17 bits per heavy atom. The fraction of sp³-hybridized carbons (Fsp3) is 1.00. The Morgan fingerprint density at radius 2 is 1.67 bits per heavy atom. The largest absolute Gasteiger partial charge is 0.311 e. The summed E-state index contributed by atoms with van der Waals surface area (Å²) < 4.78 is 0. The van der Waals surface area contributed by atoms with Gasteiger partial charge in [0.15, 0.2) is 0 Å².